The maximum atomic E-state index is 12.9. The van der Waals surface area contributed by atoms with Crippen LogP contribution in [0.4, 0.5) is 11.6 Å². The molecule has 2 aromatic heterocycles. The van der Waals surface area contributed by atoms with Crippen molar-refractivity contribution in [2.75, 3.05) is 31.0 Å². The van der Waals surface area contributed by atoms with Gasteiger partial charge in [-0.2, -0.15) is 4.98 Å². The molecule has 1 aliphatic heterocycles. The average molecular weight is 464 g/mol. The molecule has 0 spiro atoms. The third-order valence-corrected chi connectivity index (χ3v) is 6.38. The lowest BCUT2D eigenvalue weighted by atomic mass is 10.1. The molecule has 1 unspecified atom stereocenters. The van der Waals surface area contributed by atoms with E-state index in [-0.39, 0.29) is 24.2 Å². The van der Waals surface area contributed by atoms with E-state index < -0.39 is 5.92 Å². The van der Waals surface area contributed by atoms with E-state index in [4.69, 9.17) is 9.47 Å². The first-order valence-electron chi connectivity index (χ1n) is 10.3. The Morgan fingerprint density at radius 1 is 1.12 bits per heavy atom. The normalized spacial score (nSPS) is 15.8. The minimum absolute atomic E-state index is 0.0978. The number of rotatable bonds is 6. The number of nitrogens with one attached hydrogen (secondary N) is 1. The minimum atomic E-state index is -0.487. The topological polar surface area (TPSA) is 98.1 Å². The van der Waals surface area contributed by atoms with Gasteiger partial charge in [0.15, 0.2) is 0 Å². The molecule has 1 aliphatic rings. The van der Waals surface area contributed by atoms with Gasteiger partial charge in [-0.15, -0.1) is 16.4 Å². The summed E-state index contributed by atoms with van der Waals surface area (Å²) in [6.45, 7) is 0.300. The van der Waals surface area contributed by atoms with Crippen LogP contribution in [0.3, 0.4) is 0 Å². The van der Waals surface area contributed by atoms with Crippen molar-refractivity contribution in [3.8, 4) is 22.8 Å². The minimum Gasteiger partial charge on any atom is -0.497 e. The number of ether oxygens (including phenoxy) is 2. The molecule has 1 fully saturated rings. The predicted octanol–water partition coefficient (Wildman–Crippen LogP) is 3.47. The van der Waals surface area contributed by atoms with Gasteiger partial charge in [-0.1, -0.05) is 12.1 Å². The second-order valence-corrected chi connectivity index (χ2v) is 8.41. The number of carbonyl (C=O) groups is 2. The van der Waals surface area contributed by atoms with Crippen LogP contribution in [-0.2, 0) is 9.59 Å². The number of aromatic nitrogens is 3. The molecule has 10 heteroatoms. The summed E-state index contributed by atoms with van der Waals surface area (Å²) in [5.41, 5.74) is 2.52. The molecule has 0 radical (unpaired) electrons. The molecule has 5 rings (SSSR count). The Kier molecular flexibility index (Phi) is 5.43. The van der Waals surface area contributed by atoms with Crippen LogP contribution in [0.15, 0.2) is 53.9 Å². The Hall–Kier alpha value is -3.92. The lowest BCUT2D eigenvalue weighted by Crippen LogP contribution is -2.28. The van der Waals surface area contributed by atoms with E-state index in [2.05, 4.69) is 15.4 Å². The van der Waals surface area contributed by atoms with Crippen LogP contribution in [0.1, 0.15) is 6.42 Å². The molecule has 9 nitrogen and oxygen atoms in total. The second-order valence-electron chi connectivity index (χ2n) is 7.58. The predicted molar refractivity (Wildman–Crippen MR) is 125 cm³/mol. The number of amides is 2. The van der Waals surface area contributed by atoms with Gasteiger partial charge < -0.3 is 14.4 Å². The summed E-state index contributed by atoms with van der Waals surface area (Å²) in [5, 5.41) is 9.19. The van der Waals surface area contributed by atoms with Crippen molar-refractivity contribution in [1.29, 1.82) is 0 Å². The van der Waals surface area contributed by atoms with E-state index in [9.17, 15) is 9.59 Å². The van der Waals surface area contributed by atoms with E-state index in [1.54, 1.807) is 35.8 Å². The van der Waals surface area contributed by atoms with Gasteiger partial charge in [0.1, 0.15) is 11.5 Å². The third-order valence-electron chi connectivity index (χ3n) is 5.56. The first-order chi connectivity index (χ1) is 16.1. The number of anilines is 2. The summed E-state index contributed by atoms with van der Waals surface area (Å²) in [4.78, 5) is 32.1. The zero-order valence-electron chi connectivity index (χ0n) is 18.0. The van der Waals surface area contributed by atoms with E-state index in [0.717, 1.165) is 22.7 Å². The zero-order chi connectivity index (χ0) is 22.9. The smallest absolute Gasteiger partial charge is 0.250 e. The molecule has 1 N–H and O–H groups in total. The Balaban J connectivity index is 1.31. The number of benzene rings is 2. The van der Waals surface area contributed by atoms with Crippen molar-refractivity contribution in [2.45, 2.75) is 6.42 Å². The van der Waals surface area contributed by atoms with Crippen molar-refractivity contribution in [3.63, 3.8) is 0 Å². The van der Waals surface area contributed by atoms with E-state index in [0.29, 0.717) is 17.3 Å². The maximum absolute atomic E-state index is 12.9. The highest BCUT2D eigenvalue weighted by Gasteiger charge is 2.35. The van der Waals surface area contributed by atoms with E-state index in [1.807, 2.05) is 41.8 Å². The van der Waals surface area contributed by atoms with Gasteiger partial charge in [-0.3, -0.25) is 14.9 Å². The summed E-state index contributed by atoms with van der Waals surface area (Å²) in [6.07, 6.45) is 0.134. The molecule has 2 amide bonds. The van der Waals surface area contributed by atoms with Crippen molar-refractivity contribution in [2.24, 2.45) is 5.92 Å². The molecule has 1 saturated heterocycles. The van der Waals surface area contributed by atoms with Crippen LogP contribution in [-0.4, -0.2) is 47.2 Å². The summed E-state index contributed by atoms with van der Waals surface area (Å²) in [7, 11) is 3.21. The van der Waals surface area contributed by atoms with Crippen LogP contribution >= 0.6 is 11.3 Å². The number of fused-ring (bicyclic) bond motifs is 1. The van der Waals surface area contributed by atoms with Gasteiger partial charge in [0.2, 0.25) is 22.7 Å². The highest BCUT2D eigenvalue weighted by atomic mass is 32.1. The van der Waals surface area contributed by atoms with Gasteiger partial charge in [0, 0.05) is 29.6 Å². The first kappa shape index (κ1) is 21.0. The van der Waals surface area contributed by atoms with Crippen molar-refractivity contribution >= 4 is 39.7 Å². The van der Waals surface area contributed by atoms with Crippen LogP contribution in [0.5, 0.6) is 11.5 Å². The fraction of sp³-hybridized carbons (Fsp3) is 0.217. The number of thiazole rings is 1. The van der Waals surface area contributed by atoms with E-state index in [1.165, 1.54) is 11.3 Å². The summed E-state index contributed by atoms with van der Waals surface area (Å²) >= 11 is 1.43. The maximum Gasteiger partial charge on any atom is 0.250 e. The van der Waals surface area contributed by atoms with Gasteiger partial charge in [-0.05, 0) is 36.4 Å². The molecule has 33 heavy (non-hydrogen) atoms. The van der Waals surface area contributed by atoms with Crippen LogP contribution in [0.2, 0.25) is 0 Å². The zero-order valence-corrected chi connectivity index (χ0v) is 18.8. The summed E-state index contributed by atoms with van der Waals surface area (Å²) in [5.74, 6) is 0.803. The molecule has 0 aliphatic carbocycles. The lowest BCUT2D eigenvalue weighted by Gasteiger charge is -2.16. The number of nitrogens with zero attached hydrogens (tertiary/aromatic N) is 4. The molecule has 2 aromatic carbocycles. The molecule has 168 valence electrons. The van der Waals surface area contributed by atoms with Crippen molar-refractivity contribution in [3.05, 3.63) is 53.9 Å². The molecule has 4 aromatic rings. The van der Waals surface area contributed by atoms with Gasteiger partial charge >= 0.3 is 0 Å². The number of methoxy groups -OCH3 is 2. The highest BCUT2D eigenvalue weighted by molar-refractivity contribution is 7.15. The summed E-state index contributed by atoms with van der Waals surface area (Å²) < 4.78 is 12.2. The monoisotopic (exact) mass is 463 g/mol. The van der Waals surface area contributed by atoms with Crippen LogP contribution in [0.25, 0.3) is 16.2 Å². The quantitative estimate of drug-likeness (QED) is 0.470. The Labute approximate surface area is 193 Å². The summed E-state index contributed by atoms with van der Waals surface area (Å²) in [6, 6.07) is 14.8. The standard InChI is InChI=1S/C23H21N5O4S/c1-31-17-8-6-16(7-9-17)27-12-15(11-20(27)29)21(30)24-22-25-23-28(26-22)19(13-33-23)14-4-3-5-18(10-14)32-2/h3-10,13,15H,11-12H2,1-2H3,(H,24,26,30). The third kappa shape index (κ3) is 4.00. The molecular weight excluding hydrogens is 442 g/mol. The largest absolute Gasteiger partial charge is 0.497 e. The van der Waals surface area contributed by atoms with Crippen molar-refractivity contribution < 1.29 is 19.1 Å². The molecule has 1 atom stereocenters. The average Bonchev–Trinajstić information content (AvgIpc) is 3.53. The van der Waals surface area contributed by atoms with Crippen LogP contribution in [0, 0.1) is 5.92 Å². The number of hydrogen-bond donors (Lipinski definition) is 1. The number of carbonyl (C=O) groups excluding carboxylic acids is 2. The molecule has 0 bridgehead atoms. The Morgan fingerprint density at radius 3 is 2.67 bits per heavy atom. The second kappa shape index (κ2) is 8.55. The van der Waals surface area contributed by atoms with Gasteiger partial charge in [0.25, 0.3) is 0 Å². The Morgan fingerprint density at radius 2 is 1.91 bits per heavy atom. The SMILES string of the molecule is COc1ccc(N2CC(C(=O)Nc3nc4scc(-c5cccc(OC)c5)n4n3)CC2=O)cc1. The Bertz CT molecular complexity index is 1330. The number of hydrogen-bond acceptors (Lipinski definition) is 7. The fourth-order valence-corrected chi connectivity index (χ4v) is 4.65. The van der Waals surface area contributed by atoms with Gasteiger partial charge in [0.05, 0.1) is 25.8 Å². The molecular formula is C23H21N5O4S. The fourth-order valence-electron chi connectivity index (χ4n) is 3.82. The highest BCUT2D eigenvalue weighted by Crippen LogP contribution is 2.30. The van der Waals surface area contributed by atoms with Gasteiger partial charge in [-0.25, -0.2) is 4.52 Å². The van der Waals surface area contributed by atoms with Crippen LogP contribution < -0.4 is 19.7 Å². The van der Waals surface area contributed by atoms with Crippen molar-refractivity contribution in [1.82, 2.24) is 14.6 Å². The first-order valence-corrected chi connectivity index (χ1v) is 11.2. The van der Waals surface area contributed by atoms with E-state index >= 15 is 0 Å². The molecule has 3 heterocycles. The molecule has 0 saturated carbocycles. The lowest BCUT2D eigenvalue weighted by molar-refractivity contribution is -0.122.